The Labute approximate surface area is 166 Å². The van der Waals surface area contributed by atoms with Crippen LogP contribution in [0.2, 0.25) is 0 Å². The van der Waals surface area contributed by atoms with Crippen LogP contribution in [0.5, 0.6) is 23.3 Å². The summed E-state index contributed by atoms with van der Waals surface area (Å²) in [4.78, 5) is 20.3. The maximum absolute atomic E-state index is 11.5. The van der Waals surface area contributed by atoms with Crippen molar-refractivity contribution in [2.24, 2.45) is 0 Å². The summed E-state index contributed by atoms with van der Waals surface area (Å²) in [6, 6.07) is 15.4. The van der Waals surface area contributed by atoms with Crippen LogP contribution >= 0.6 is 12.6 Å². The summed E-state index contributed by atoms with van der Waals surface area (Å²) in [7, 11) is 1.37. The predicted octanol–water partition coefficient (Wildman–Crippen LogP) is 4.42. The second-order valence-electron chi connectivity index (χ2n) is 5.43. The van der Waals surface area contributed by atoms with Crippen molar-refractivity contribution in [3.8, 4) is 23.3 Å². The largest absolute Gasteiger partial charge is 0.503 e. The molecule has 1 aromatic heterocycles. The number of carbonyl (C=O) groups is 1. The van der Waals surface area contributed by atoms with Gasteiger partial charge in [0.25, 0.3) is 0 Å². The minimum atomic E-state index is -1.14. The number of methoxy groups -OCH3 is 1. The topological polar surface area (TPSA) is 90.8 Å². The maximum atomic E-state index is 11.5. The third-order valence-corrected chi connectivity index (χ3v) is 3.92. The highest BCUT2D eigenvalue weighted by Crippen LogP contribution is 2.32. The smallest absolute Gasteiger partial charge is 0.339 e. The van der Waals surface area contributed by atoms with Gasteiger partial charge in [0.05, 0.1) is 19.4 Å². The number of carboxylic acids is 1. The van der Waals surface area contributed by atoms with E-state index in [2.05, 4.69) is 22.6 Å². The highest BCUT2D eigenvalue weighted by Gasteiger charge is 2.17. The fourth-order valence-electron chi connectivity index (χ4n) is 2.33. The molecule has 1 heterocycles. The average Bonchev–Trinajstić information content (AvgIpc) is 2.69. The van der Waals surface area contributed by atoms with Gasteiger partial charge in [0.1, 0.15) is 23.4 Å². The van der Waals surface area contributed by atoms with Crippen molar-refractivity contribution in [2.75, 3.05) is 7.11 Å². The number of aliphatic carboxylic acids is 1. The van der Waals surface area contributed by atoms with Crippen LogP contribution in [0.25, 0.3) is 5.57 Å². The van der Waals surface area contributed by atoms with Crippen molar-refractivity contribution in [3.63, 3.8) is 0 Å². The van der Waals surface area contributed by atoms with Crippen LogP contribution in [-0.2, 0) is 9.53 Å². The van der Waals surface area contributed by atoms with Gasteiger partial charge in [0.15, 0.2) is 0 Å². The molecule has 0 saturated heterocycles. The number of hydrogen-bond donors (Lipinski definition) is 2. The highest BCUT2D eigenvalue weighted by molar-refractivity contribution is 7.80. The molecule has 1 N–H and O–H groups in total. The summed E-state index contributed by atoms with van der Waals surface area (Å²) >= 11 is 4.34. The van der Waals surface area contributed by atoms with Gasteiger partial charge in [-0.05, 0) is 18.2 Å². The molecule has 0 atom stereocenters. The van der Waals surface area contributed by atoms with Gasteiger partial charge in [-0.15, -0.1) is 12.6 Å². The van der Waals surface area contributed by atoms with Gasteiger partial charge >= 0.3 is 5.97 Å². The Morgan fingerprint density at radius 1 is 1.00 bits per heavy atom. The zero-order chi connectivity index (χ0) is 19.9. The number of aromatic nitrogens is 2. The van der Waals surface area contributed by atoms with Crippen molar-refractivity contribution in [3.05, 3.63) is 72.8 Å². The number of carboxylic acid groups (broad SMARTS) is 1. The number of nitrogens with zero attached hydrogens (tertiary/aromatic N) is 2. The molecule has 0 bridgehead atoms. The molecule has 0 aliphatic rings. The van der Waals surface area contributed by atoms with Gasteiger partial charge in [0, 0.05) is 10.5 Å². The average molecular weight is 396 g/mol. The van der Waals surface area contributed by atoms with Gasteiger partial charge in [-0.25, -0.2) is 14.8 Å². The lowest BCUT2D eigenvalue weighted by molar-refractivity contribution is -0.130. The Morgan fingerprint density at radius 2 is 1.61 bits per heavy atom. The van der Waals surface area contributed by atoms with Gasteiger partial charge in [0.2, 0.25) is 11.8 Å². The fraction of sp³-hybridized carbons (Fsp3) is 0.0500. The summed E-state index contributed by atoms with van der Waals surface area (Å²) in [6.07, 6.45) is 2.43. The molecule has 0 aliphatic heterocycles. The lowest BCUT2D eigenvalue weighted by Gasteiger charge is -2.12. The lowest BCUT2D eigenvalue weighted by atomic mass is 10.1. The quantitative estimate of drug-likeness (QED) is 0.347. The van der Waals surface area contributed by atoms with Crippen molar-refractivity contribution >= 4 is 24.2 Å². The molecule has 28 heavy (non-hydrogen) atoms. The van der Waals surface area contributed by atoms with Crippen molar-refractivity contribution < 1.29 is 24.1 Å². The van der Waals surface area contributed by atoms with E-state index in [-0.39, 0.29) is 17.3 Å². The first kappa shape index (κ1) is 19.2. The second-order valence-corrected chi connectivity index (χ2v) is 5.92. The zero-order valence-electron chi connectivity index (χ0n) is 14.8. The van der Waals surface area contributed by atoms with E-state index in [0.29, 0.717) is 22.0 Å². The minimum absolute atomic E-state index is 0.0485. The third-order valence-electron chi connectivity index (χ3n) is 3.55. The van der Waals surface area contributed by atoms with Crippen LogP contribution in [0.4, 0.5) is 0 Å². The molecule has 2 aromatic carbocycles. The molecule has 0 spiro atoms. The van der Waals surface area contributed by atoms with Crippen LogP contribution in [0.3, 0.4) is 0 Å². The van der Waals surface area contributed by atoms with Crippen molar-refractivity contribution in [2.45, 2.75) is 4.90 Å². The number of hydrogen-bond acceptors (Lipinski definition) is 7. The SMILES string of the molecule is CO/C=C(/C(=O)O)c1ccccc1Oc1cc(Oc2ccccc2S)ncn1. The van der Waals surface area contributed by atoms with Gasteiger partial charge in [-0.2, -0.15) is 0 Å². The van der Waals surface area contributed by atoms with Crippen molar-refractivity contribution in [1.29, 1.82) is 0 Å². The van der Waals surface area contributed by atoms with E-state index in [0.717, 1.165) is 6.26 Å². The lowest BCUT2D eigenvalue weighted by Crippen LogP contribution is -2.02. The molecule has 0 aliphatic carbocycles. The molecule has 0 saturated carbocycles. The molecule has 0 radical (unpaired) electrons. The Balaban J connectivity index is 1.88. The molecule has 0 unspecified atom stereocenters. The highest BCUT2D eigenvalue weighted by atomic mass is 32.1. The number of rotatable bonds is 7. The number of thiol groups is 1. The first-order valence-electron chi connectivity index (χ1n) is 8.10. The normalized spacial score (nSPS) is 11.0. The number of benzene rings is 2. The van der Waals surface area contributed by atoms with E-state index in [1.165, 1.54) is 19.5 Å². The van der Waals surface area contributed by atoms with Gasteiger partial charge in [-0.3, -0.25) is 0 Å². The van der Waals surface area contributed by atoms with Gasteiger partial charge < -0.3 is 19.3 Å². The van der Waals surface area contributed by atoms with Crippen LogP contribution < -0.4 is 9.47 Å². The van der Waals surface area contributed by atoms with Crippen LogP contribution in [0, 0.1) is 0 Å². The Bertz CT molecular complexity index is 1020. The summed E-state index contributed by atoms with van der Waals surface area (Å²) < 4.78 is 16.4. The van der Waals surface area contributed by atoms with E-state index in [4.69, 9.17) is 14.2 Å². The molecule has 0 fully saturated rings. The molecule has 0 amide bonds. The molecule has 142 valence electrons. The first-order chi connectivity index (χ1) is 13.6. The Morgan fingerprint density at radius 3 is 2.25 bits per heavy atom. The Kier molecular flexibility index (Phi) is 6.13. The van der Waals surface area contributed by atoms with E-state index in [1.54, 1.807) is 36.4 Å². The summed E-state index contributed by atoms with van der Waals surface area (Å²) in [6.45, 7) is 0. The number of para-hydroxylation sites is 2. The monoisotopic (exact) mass is 396 g/mol. The third kappa shape index (κ3) is 4.60. The second kappa shape index (κ2) is 8.92. The molecular weight excluding hydrogens is 380 g/mol. The molecule has 3 rings (SSSR count). The maximum Gasteiger partial charge on any atom is 0.339 e. The molecule has 3 aromatic rings. The van der Waals surface area contributed by atoms with Crippen LogP contribution in [0.1, 0.15) is 5.56 Å². The fourth-order valence-corrected chi connectivity index (χ4v) is 2.53. The molecule has 8 heteroatoms. The zero-order valence-corrected chi connectivity index (χ0v) is 15.7. The van der Waals surface area contributed by atoms with Gasteiger partial charge in [-0.1, -0.05) is 30.3 Å². The first-order valence-corrected chi connectivity index (χ1v) is 8.54. The van der Waals surface area contributed by atoms with E-state index >= 15 is 0 Å². The summed E-state index contributed by atoms with van der Waals surface area (Å²) in [5.41, 5.74) is 0.297. The minimum Gasteiger partial charge on any atom is -0.503 e. The van der Waals surface area contributed by atoms with E-state index < -0.39 is 5.97 Å². The Hall–Kier alpha value is -3.52. The van der Waals surface area contributed by atoms with E-state index in [1.807, 2.05) is 12.1 Å². The van der Waals surface area contributed by atoms with Crippen LogP contribution in [-0.4, -0.2) is 28.2 Å². The summed E-state index contributed by atoms with van der Waals surface area (Å²) in [5.74, 6) is 0.139. The van der Waals surface area contributed by atoms with E-state index in [9.17, 15) is 9.90 Å². The van der Waals surface area contributed by atoms with Crippen LogP contribution in [0.15, 0.2) is 72.1 Å². The summed E-state index contributed by atoms with van der Waals surface area (Å²) in [5, 5.41) is 9.43. The van der Waals surface area contributed by atoms with Crippen molar-refractivity contribution in [1.82, 2.24) is 9.97 Å². The molecular formula is C20H16N2O5S. The standard InChI is InChI=1S/C20H16N2O5S/c1-25-11-14(20(23)24)13-6-2-3-7-15(13)26-18-10-19(22-12-21-18)27-16-8-4-5-9-17(16)28/h2-12,28H,1H3,(H,23,24)/b14-11+. The number of ether oxygens (including phenoxy) is 3. The predicted molar refractivity (Wildman–Crippen MR) is 105 cm³/mol. The molecule has 7 nitrogen and oxygen atoms in total.